The molecule has 0 saturated heterocycles. The van der Waals surface area contributed by atoms with Crippen molar-refractivity contribution in [3.8, 4) is 5.75 Å². The average molecular weight is 528 g/mol. The highest BCUT2D eigenvalue weighted by Gasteiger charge is 2.25. The molecule has 0 bridgehead atoms. The minimum absolute atomic E-state index is 0.00600. The van der Waals surface area contributed by atoms with E-state index in [0.29, 0.717) is 31.6 Å². The fourth-order valence-electron chi connectivity index (χ4n) is 3.94. The number of hydrogen-bond acceptors (Lipinski definition) is 7. The van der Waals surface area contributed by atoms with Gasteiger partial charge in [0, 0.05) is 24.1 Å². The quantitative estimate of drug-likeness (QED) is 0.186. The molecule has 206 valence electrons. The Morgan fingerprint density at radius 3 is 2.26 bits per heavy atom. The molecule has 3 atom stereocenters. The Morgan fingerprint density at radius 2 is 1.58 bits per heavy atom. The van der Waals surface area contributed by atoms with Gasteiger partial charge in [0.2, 0.25) is 17.7 Å². The molecule has 0 aliphatic rings. The van der Waals surface area contributed by atoms with E-state index < -0.39 is 47.4 Å². The van der Waals surface area contributed by atoms with E-state index in [2.05, 4.69) is 10.6 Å². The molecule has 0 saturated carbocycles. The Bertz CT molecular complexity index is 1130. The number of benzene rings is 2. The summed E-state index contributed by atoms with van der Waals surface area (Å²) in [5, 5.41) is 6.94. The van der Waals surface area contributed by atoms with E-state index in [-0.39, 0.29) is 25.9 Å². The first-order valence-corrected chi connectivity index (χ1v) is 12.6. The predicted octanol–water partition coefficient (Wildman–Crippen LogP) is 0.663. The second-order valence-corrected chi connectivity index (χ2v) is 9.17. The molecule has 2 rings (SSSR count). The number of primary amides is 2. The average Bonchev–Trinajstić information content (AvgIpc) is 2.88. The maximum atomic E-state index is 12.7. The van der Waals surface area contributed by atoms with Gasteiger partial charge in [-0.05, 0) is 50.6 Å². The molecule has 0 aliphatic carbocycles. The SMILES string of the molecule is CC(NC(=O)COc1cccc2ccccc12)C(=O)C[C@@H](CCC(=O)NC(CCCCN)C(N)=O)C(N)=O. The first-order chi connectivity index (χ1) is 18.1. The molecular weight excluding hydrogens is 490 g/mol. The van der Waals surface area contributed by atoms with Gasteiger partial charge in [-0.1, -0.05) is 36.4 Å². The Morgan fingerprint density at radius 1 is 0.868 bits per heavy atom. The third-order valence-corrected chi connectivity index (χ3v) is 6.16. The molecule has 11 heteroatoms. The van der Waals surface area contributed by atoms with Crippen LogP contribution in [0.4, 0.5) is 0 Å². The van der Waals surface area contributed by atoms with Crippen LogP contribution in [0, 0.1) is 5.92 Å². The number of nitrogens with two attached hydrogens (primary N) is 3. The number of amides is 4. The minimum atomic E-state index is -0.913. The molecule has 0 radical (unpaired) electrons. The summed E-state index contributed by atoms with van der Waals surface area (Å²) in [6.45, 7) is 1.67. The van der Waals surface area contributed by atoms with Gasteiger partial charge in [-0.15, -0.1) is 0 Å². The standard InChI is InChI=1S/C27H37N5O6/c1-17(31-25(35)16-38-23-11-6-8-18-7-2-3-9-20(18)23)22(33)15-19(26(29)36)12-13-24(34)32-21(27(30)37)10-4-5-14-28/h2-3,6-9,11,17,19,21H,4-5,10,12-16,28H2,1H3,(H2,29,36)(H2,30,37)(H,31,35)(H,32,34)/t17?,19-,21?/m1/s1. The van der Waals surface area contributed by atoms with Crippen molar-refractivity contribution in [1.82, 2.24) is 10.6 Å². The predicted molar refractivity (Wildman–Crippen MR) is 143 cm³/mol. The number of hydrogen-bond donors (Lipinski definition) is 5. The van der Waals surface area contributed by atoms with Crippen LogP contribution >= 0.6 is 0 Å². The largest absolute Gasteiger partial charge is 0.483 e. The number of nitrogens with one attached hydrogen (secondary N) is 2. The van der Waals surface area contributed by atoms with Crippen LogP contribution in [0.5, 0.6) is 5.75 Å². The number of Topliss-reactive ketones (excluding diaryl/α,β-unsaturated/α-hetero) is 1. The van der Waals surface area contributed by atoms with E-state index in [1.54, 1.807) is 6.07 Å². The van der Waals surface area contributed by atoms with Crippen LogP contribution in [-0.4, -0.2) is 54.6 Å². The second-order valence-electron chi connectivity index (χ2n) is 9.17. The summed E-state index contributed by atoms with van der Waals surface area (Å²) in [7, 11) is 0. The van der Waals surface area contributed by atoms with Crippen LogP contribution in [0.25, 0.3) is 10.8 Å². The fraction of sp³-hybridized carbons (Fsp3) is 0.444. The number of carbonyl (C=O) groups excluding carboxylic acids is 5. The van der Waals surface area contributed by atoms with Gasteiger partial charge in [0.15, 0.2) is 12.4 Å². The molecule has 0 spiro atoms. The van der Waals surface area contributed by atoms with Crippen LogP contribution in [0.2, 0.25) is 0 Å². The van der Waals surface area contributed by atoms with Crippen molar-refractivity contribution in [3.05, 3.63) is 42.5 Å². The highest BCUT2D eigenvalue weighted by molar-refractivity contribution is 5.93. The van der Waals surface area contributed by atoms with Crippen molar-refractivity contribution < 1.29 is 28.7 Å². The highest BCUT2D eigenvalue weighted by Crippen LogP contribution is 2.25. The second kappa shape index (κ2) is 15.3. The first kappa shape index (κ1) is 30.2. The molecule has 11 nitrogen and oxygen atoms in total. The van der Waals surface area contributed by atoms with Crippen molar-refractivity contribution in [1.29, 1.82) is 0 Å². The Kier molecular flexibility index (Phi) is 12.2. The van der Waals surface area contributed by atoms with Gasteiger partial charge < -0.3 is 32.6 Å². The summed E-state index contributed by atoms with van der Waals surface area (Å²) < 4.78 is 5.64. The van der Waals surface area contributed by atoms with E-state index in [9.17, 15) is 24.0 Å². The summed E-state index contributed by atoms with van der Waals surface area (Å²) in [6, 6.07) is 11.4. The fourth-order valence-corrected chi connectivity index (χ4v) is 3.94. The molecule has 38 heavy (non-hydrogen) atoms. The molecule has 0 heterocycles. The normalized spacial score (nSPS) is 13.2. The Hall–Kier alpha value is -3.99. The maximum absolute atomic E-state index is 12.7. The third-order valence-electron chi connectivity index (χ3n) is 6.16. The Balaban J connectivity index is 1.83. The van der Waals surface area contributed by atoms with Crippen molar-refractivity contribution in [2.75, 3.05) is 13.2 Å². The van der Waals surface area contributed by atoms with Crippen molar-refractivity contribution >= 4 is 40.2 Å². The lowest BCUT2D eigenvalue weighted by atomic mass is 9.93. The van der Waals surface area contributed by atoms with Crippen LogP contribution < -0.4 is 32.6 Å². The molecule has 2 aromatic carbocycles. The van der Waals surface area contributed by atoms with Gasteiger partial charge in [0.1, 0.15) is 11.8 Å². The molecule has 0 aliphatic heterocycles. The van der Waals surface area contributed by atoms with Crippen molar-refractivity contribution in [3.63, 3.8) is 0 Å². The van der Waals surface area contributed by atoms with E-state index in [0.717, 1.165) is 10.8 Å². The topological polar surface area (TPSA) is 197 Å². The smallest absolute Gasteiger partial charge is 0.258 e. The first-order valence-electron chi connectivity index (χ1n) is 12.6. The van der Waals surface area contributed by atoms with Gasteiger partial charge in [-0.2, -0.15) is 0 Å². The summed E-state index contributed by atoms with van der Waals surface area (Å²) in [5.74, 6) is -3.16. The lowest BCUT2D eigenvalue weighted by Crippen LogP contribution is -2.45. The zero-order valence-electron chi connectivity index (χ0n) is 21.6. The lowest BCUT2D eigenvalue weighted by molar-refractivity contribution is -0.131. The number of ketones is 1. The van der Waals surface area contributed by atoms with Gasteiger partial charge >= 0.3 is 0 Å². The maximum Gasteiger partial charge on any atom is 0.258 e. The monoisotopic (exact) mass is 527 g/mol. The molecule has 2 aromatic rings. The zero-order valence-corrected chi connectivity index (χ0v) is 21.6. The van der Waals surface area contributed by atoms with E-state index in [1.165, 1.54) is 6.92 Å². The van der Waals surface area contributed by atoms with Gasteiger partial charge in [0.05, 0.1) is 6.04 Å². The molecule has 2 unspecified atom stereocenters. The number of unbranched alkanes of at least 4 members (excludes halogenated alkanes) is 1. The van der Waals surface area contributed by atoms with E-state index in [1.807, 2.05) is 36.4 Å². The number of carbonyl (C=O) groups is 5. The van der Waals surface area contributed by atoms with Gasteiger partial charge in [-0.25, -0.2) is 0 Å². The third kappa shape index (κ3) is 9.81. The number of fused-ring (bicyclic) bond motifs is 1. The van der Waals surface area contributed by atoms with Crippen molar-refractivity contribution in [2.45, 2.75) is 57.5 Å². The summed E-state index contributed by atoms with van der Waals surface area (Å²) in [4.78, 5) is 60.8. The Labute approximate surface area is 221 Å². The van der Waals surface area contributed by atoms with E-state index >= 15 is 0 Å². The molecule has 0 fully saturated rings. The van der Waals surface area contributed by atoms with Gasteiger partial charge in [0.25, 0.3) is 5.91 Å². The number of rotatable bonds is 17. The van der Waals surface area contributed by atoms with Crippen LogP contribution in [0.15, 0.2) is 42.5 Å². The molecule has 0 aromatic heterocycles. The number of ether oxygens (including phenoxy) is 1. The molecular formula is C27H37N5O6. The van der Waals surface area contributed by atoms with Crippen LogP contribution in [-0.2, 0) is 24.0 Å². The highest BCUT2D eigenvalue weighted by atomic mass is 16.5. The zero-order chi connectivity index (χ0) is 28.1. The molecule has 8 N–H and O–H groups in total. The van der Waals surface area contributed by atoms with E-state index in [4.69, 9.17) is 21.9 Å². The summed E-state index contributed by atoms with van der Waals surface area (Å²) in [5.41, 5.74) is 16.2. The van der Waals surface area contributed by atoms with Crippen LogP contribution in [0.1, 0.15) is 45.4 Å². The minimum Gasteiger partial charge on any atom is -0.483 e. The van der Waals surface area contributed by atoms with Crippen LogP contribution in [0.3, 0.4) is 0 Å². The molecule has 4 amide bonds. The summed E-state index contributed by atoms with van der Waals surface area (Å²) in [6.07, 6.45) is 1.31. The van der Waals surface area contributed by atoms with Gasteiger partial charge in [-0.3, -0.25) is 24.0 Å². The van der Waals surface area contributed by atoms with Crippen molar-refractivity contribution in [2.24, 2.45) is 23.1 Å². The summed E-state index contributed by atoms with van der Waals surface area (Å²) >= 11 is 0. The lowest BCUT2D eigenvalue weighted by Gasteiger charge is -2.18.